The first-order valence-electron chi connectivity index (χ1n) is 9.39. The molecular formula is C20H20FN3O3S3. The lowest BCUT2D eigenvalue weighted by Gasteiger charge is -2.30. The molecule has 0 radical (unpaired) electrons. The Morgan fingerprint density at radius 2 is 1.93 bits per heavy atom. The van der Waals surface area contributed by atoms with Crippen molar-refractivity contribution < 1.29 is 17.6 Å². The summed E-state index contributed by atoms with van der Waals surface area (Å²) in [7, 11) is -3.61. The molecule has 10 heteroatoms. The molecule has 158 valence electrons. The number of hydrogen-bond donors (Lipinski definition) is 1. The molecule has 1 aliphatic rings. The number of amides is 1. The molecule has 4 rings (SSSR count). The van der Waals surface area contributed by atoms with Crippen molar-refractivity contribution >= 4 is 54.4 Å². The summed E-state index contributed by atoms with van der Waals surface area (Å²) in [5.74, 6) is -0.951. The molecule has 30 heavy (non-hydrogen) atoms. The number of para-hydroxylation sites is 1. The average Bonchev–Trinajstić information content (AvgIpc) is 3.17. The van der Waals surface area contributed by atoms with E-state index in [2.05, 4.69) is 10.3 Å². The lowest BCUT2D eigenvalue weighted by Crippen LogP contribution is -2.41. The number of piperidine rings is 1. The Bertz CT molecular complexity index is 1190. The van der Waals surface area contributed by atoms with Crippen molar-refractivity contribution in [3.63, 3.8) is 0 Å². The number of nitrogens with zero attached hydrogens (tertiary/aromatic N) is 2. The van der Waals surface area contributed by atoms with Crippen LogP contribution in [-0.2, 0) is 14.8 Å². The lowest BCUT2D eigenvalue weighted by molar-refractivity contribution is -0.120. The monoisotopic (exact) mass is 465 g/mol. The SMILES string of the molecule is CSc1ccccc1S(=O)(=O)N1CCC(C(=O)Nc2nc3c(F)cccc3s2)CC1. The number of fused-ring (bicyclic) bond motifs is 1. The van der Waals surface area contributed by atoms with E-state index in [-0.39, 0.29) is 30.4 Å². The number of carbonyl (C=O) groups is 1. The molecule has 1 saturated heterocycles. The van der Waals surface area contributed by atoms with Crippen molar-refractivity contribution in [2.45, 2.75) is 22.6 Å². The largest absolute Gasteiger partial charge is 0.302 e. The van der Waals surface area contributed by atoms with Gasteiger partial charge in [0.2, 0.25) is 15.9 Å². The van der Waals surface area contributed by atoms with E-state index in [4.69, 9.17) is 0 Å². The Kier molecular flexibility index (Phi) is 6.10. The fourth-order valence-corrected chi connectivity index (χ4v) is 6.98. The minimum atomic E-state index is -3.61. The molecule has 6 nitrogen and oxygen atoms in total. The van der Waals surface area contributed by atoms with Crippen LogP contribution in [0.1, 0.15) is 12.8 Å². The minimum Gasteiger partial charge on any atom is -0.302 e. The first-order chi connectivity index (χ1) is 14.4. The van der Waals surface area contributed by atoms with Crippen LogP contribution in [0.3, 0.4) is 0 Å². The maximum Gasteiger partial charge on any atom is 0.244 e. The summed E-state index contributed by atoms with van der Waals surface area (Å²) in [5, 5.41) is 3.11. The zero-order valence-electron chi connectivity index (χ0n) is 16.2. The molecule has 3 aromatic rings. The molecule has 1 aliphatic heterocycles. The van der Waals surface area contributed by atoms with Crippen molar-refractivity contribution in [2.75, 3.05) is 24.7 Å². The van der Waals surface area contributed by atoms with Crippen LogP contribution in [0.5, 0.6) is 0 Å². The van der Waals surface area contributed by atoms with Gasteiger partial charge in [0.25, 0.3) is 0 Å². The van der Waals surface area contributed by atoms with E-state index in [9.17, 15) is 17.6 Å². The van der Waals surface area contributed by atoms with Crippen molar-refractivity contribution in [3.05, 3.63) is 48.3 Å². The van der Waals surface area contributed by atoms with Gasteiger partial charge in [-0.25, -0.2) is 17.8 Å². The first-order valence-corrected chi connectivity index (χ1v) is 12.9. The second-order valence-electron chi connectivity index (χ2n) is 6.92. The molecule has 1 aromatic heterocycles. The highest BCUT2D eigenvalue weighted by Crippen LogP contribution is 2.31. The van der Waals surface area contributed by atoms with Crippen LogP contribution in [0, 0.1) is 11.7 Å². The number of sulfonamides is 1. The number of halogens is 1. The molecule has 0 atom stereocenters. The Labute approximate surface area is 182 Å². The molecule has 2 heterocycles. The van der Waals surface area contributed by atoms with E-state index in [1.807, 2.05) is 12.3 Å². The highest BCUT2D eigenvalue weighted by molar-refractivity contribution is 7.99. The molecule has 0 spiro atoms. The fourth-order valence-electron chi connectivity index (χ4n) is 3.51. The van der Waals surface area contributed by atoms with Crippen molar-refractivity contribution in [1.29, 1.82) is 0 Å². The summed E-state index contributed by atoms with van der Waals surface area (Å²) in [6.07, 6.45) is 2.69. The van der Waals surface area contributed by atoms with E-state index >= 15 is 0 Å². The number of rotatable bonds is 5. The zero-order valence-corrected chi connectivity index (χ0v) is 18.6. The summed E-state index contributed by atoms with van der Waals surface area (Å²) in [5.41, 5.74) is 0.242. The predicted molar refractivity (Wildman–Crippen MR) is 118 cm³/mol. The molecule has 1 amide bonds. The van der Waals surface area contributed by atoms with Crippen molar-refractivity contribution in [3.8, 4) is 0 Å². The Balaban J connectivity index is 1.42. The second-order valence-corrected chi connectivity index (χ2v) is 10.7. The topological polar surface area (TPSA) is 79.4 Å². The minimum absolute atomic E-state index is 0.212. The third kappa shape index (κ3) is 4.09. The van der Waals surface area contributed by atoms with Gasteiger partial charge in [0.15, 0.2) is 5.13 Å². The third-order valence-electron chi connectivity index (χ3n) is 5.11. The van der Waals surface area contributed by atoms with Gasteiger partial charge in [0.1, 0.15) is 11.3 Å². The van der Waals surface area contributed by atoms with Gasteiger partial charge in [-0.2, -0.15) is 4.31 Å². The third-order valence-corrected chi connectivity index (χ3v) is 8.93. The normalized spacial score (nSPS) is 16.1. The molecule has 2 aromatic carbocycles. The highest BCUT2D eigenvalue weighted by atomic mass is 32.2. The highest BCUT2D eigenvalue weighted by Gasteiger charge is 2.33. The van der Waals surface area contributed by atoms with Crippen LogP contribution in [-0.4, -0.2) is 43.0 Å². The second kappa shape index (κ2) is 8.62. The number of aromatic nitrogens is 1. The maximum atomic E-state index is 13.8. The quantitative estimate of drug-likeness (QED) is 0.572. The Hall–Kier alpha value is -2.01. The molecule has 0 aliphatic carbocycles. The van der Waals surface area contributed by atoms with Crippen LogP contribution >= 0.6 is 23.1 Å². The zero-order chi connectivity index (χ0) is 21.3. The van der Waals surface area contributed by atoms with Gasteiger partial charge in [-0.1, -0.05) is 29.5 Å². The maximum absolute atomic E-state index is 13.8. The summed E-state index contributed by atoms with van der Waals surface area (Å²) in [6, 6.07) is 11.6. The van der Waals surface area contributed by atoms with E-state index < -0.39 is 15.8 Å². The molecule has 0 saturated carbocycles. The van der Waals surface area contributed by atoms with Crippen LogP contribution in [0.15, 0.2) is 52.3 Å². The molecule has 1 fully saturated rings. The van der Waals surface area contributed by atoms with Gasteiger partial charge in [-0.15, -0.1) is 11.8 Å². The van der Waals surface area contributed by atoms with Gasteiger partial charge in [-0.05, 0) is 43.4 Å². The fraction of sp³-hybridized carbons (Fsp3) is 0.300. The lowest BCUT2D eigenvalue weighted by atomic mass is 9.97. The number of hydrogen-bond acceptors (Lipinski definition) is 6. The molecular weight excluding hydrogens is 445 g/mol. The Morgan fingerprint density at radius 1 is 1.20 bits per heavy atom. The average molecular weight is 466 g/mol. The number of benzene rings is 2. The summed E-state index contributed by atoms with van der Waals surface area (Å²) in [6.45, 7) is 0.551. The van der Waals surface area contributed by atoms with E-state index in [0.717, 1.165) is 0 Å². The smallest absolute Gasteiger partial charge is 0.244 e. The van der Waals surface area contributed by atoms with Gasteiger partial charge >= 0.3 is 0 Å². The van der Waals surface area contributed by atoms with Gasteiger partial charge < -0.3 is 5.32 Å². The van der Waals surface area contributed by atoms with E-state index in [1.165, 1.54) is 33.5 Å². The van der Waals surface area contributed by atoms with E-state index in [1.54, 1.807) is 30.3 Å². The van der Waals surface area contributed by atoms with Gasteiger partial charge in [0.05, 0.1) is 9.60 Å². The summed E-state index contributed by atoms with van der Waals surface area (Å²) in [4.78, 5) is 17.8. The van der Waals surface area contributed by atoms with E-state index in [0.29, 0.717) is 32.5 Å². The molecule has 0 unspecified atom stereocenters. The Morgan fingerprint density at radius 3 is 2.63 bits per heavy atom. The number of nitrogens with one attached hydrogen (secondary N) is 1. The van der Waals surface area contributed by atoms with Crippen LogP contribution in [0.2, 0.25) is 0 Å². The molecule has 0 bridgehead atoms. The van der Waals surface area contributed by atoms with Crippen LogP contribution in [0.4, 0.5) is 9.52 Å². The summed E-state index contributed by atoms with van der Waals surface area (Å²) < 4.78 is 42.0. The number of thioether (sulfide) groups is 1. The van der Waals surface area contributed by atoms with Gasteiger partial charge in [-0.3, -0.25) is 4.79 Å². The van der Waals surface area contributed by atoms with Gasteiger partial charge in [0, 0.05) is 23.9 Å². The van der Waals surface area contributed by atoms with Crippen molar-refractivity contribution in [1.82, 2.24) is 9.29 Å². The predicted octanol–water partition coefficient (Wildman–Crippen LogP) is 4.20. The number of carbonyl (C=O) groups excluding carboxylic acids is 1. The molecule has 1 N–H and O–H groups in total. The standard InChI is InChI=1S/C20H20FN3O3S3/c1-28-15-6-2-3-8-17(15)30(26,27)24-11-9-13(10-12-24)19(25)23-20-22-18-14(21)5-4-7-16(18)29-20/h2-8,13H,9-12H2,1H3,(H,22,23,25). The summed E-state index contributed by atoms with van der Waals surface area (Å²) >= 11 is 2.61. The van der Waals surface area contributed by atoms with Crippen molar-refractivity contribution in [2.24, 2.45) is 5.92 Å². The van der Waals surface area contributed by atoms with Crippen LogP contribution in [0.25, 0.3) is 10.2 Å². The first kappa shape index (κ1) is 21.2. The van der Waals surface area contributed by atoms with Crippen LogP contribution < -0.4 is 5.32 Å². The number of thiazole rings is 1. The number of anilines is 1.